The van der Waals surface area contributed by atoms with Gasteiger partial charge in [-0.05, 0) is 12.2 Å². The molecule has 0 amide bonds. The van der Waals surface area contributed by atoms with Gasteiger partial charge in [-0.2, -0.15) is 11.8 Å². The third kappa shape index (κ3) is 7.84. The van der Waals surface area contributed by atoms with Gasteiger partial charge < -0.3 is 15.3 Å². The van der Waals surface area contributed by atoms with Crippen LogP contribution in [0.2, 0.25) is 0 Å². The van der Waals surface area contributed by atoms with Crippen molar-refractivity contribution in [2.24, 2.45) is 0 Å². The molecule has 0 aromatic heterocycles. The number of hydrogen-bond acceptors (Lipinski definition) is 4. The van der Waals surface area contributed by atoms with Crippen molar-refractivity contribution in [2.45, 2.75) is 18.9 Å². The van der Waals surface area contributed by atoms with E-state index in [9.17, 15) is 4.79 Å². The maximum Gasteiger partial charge on any atom is 0.303 e. The molecule has 1 atom stereocenters. The number of aliphatic carboxylic acids is 1. The molecule has 72 valence electrons. The molecular formula is C7H14O4S. The molecule has 0 heterocycles. The highest BCUT2D eigenvalue weighted by Crippen LogP contribution is 2.06. The summed E-state index contributed by atoms with van der Waals surface area (Å²) in [7, 11) is 0. The fraction of sp³-hybridized carbons (Fsp3) is 0.857. The normalized spacial score (nSPS) is 12.8. The lowest BCUT2D eigenvalue weighted by Gasteiger charge is -2.04. The average molecular weight is 194 g/mol. The second-order valence-corrected chi connectivity index (χ2v) is 3.56. The molecular weight excluding hydrogens is 180 g/mol. The number of rotatable bonds is 7. The van der Waals surface area contributed by atoms with Gasteiger partial charge in [-0.1, -0.05) is 0 Å². The van der Waals surface area contributed by atoms with E-state index in [1.54, 1.807) is 0 Å². The molecule has 0 rings (SSSR count). The van der Waals surface area contributed by atoms with Crippen molar-refractivity contribution >= 4 is 17.7 Å². The van der Waals surface area contributed by atoms with Gasteiger partial charge in [0, 0.05) is 12.2 Å². The van der Waals surface area contributed by atoms with Crippen LogP contribution < -0.4 is 0 Å². The molecule has 1 unspecified atom stereocenters. The highest BCUT2D eigenvalue weighted by molar-refractivity contribution is 7.99. The van der Waals surface area contributed by atoms with E-state index in [0.717, 1.165) is 0 Å². The summed E-state index contributed by atoms with van der Waals surface area (Å²) in [6.07, 6.45) is 0.0974. The SMILES string of the molecule is O=C(O)CCCSCC(O)CO. The van der Waals surface area contributed by atoms with Gasteiger partial charge in [0.2, 0.25) is 0 Å². The minimum atomic E-state index is -0.793. The van der Waals surface area contributed by atoms with Gasteiger partial charge in [-0.15, -0.1) is 0 Å². The van der Waals surface area contributed by atoms with Crippen LogP contribution in [0.1, 0.15) is 12.8 Å². The van der Waals surface area contributed by atoms with Crippen molar-refractivity contribution in [3.63, 3.8) is 0 Å². The van der Waals surface area contributed by atoms with Crippen LogP contribution in [0.15, 0.2) is 0 Å². The summed E-state index contributed by atoms with van der Waals surface area (Å²) < 4.78 is 0. The van der Waals surface area contributed by atoms with E-state index < -0.39 is 12.1 Å². The van der Waals surface area contributed by atoms with Crippen LogP contribution in [0, 0.1) is 0 Å². The Labute approximate surface area is 75.6 Å². The van der Waals surface area contributed by atoms with Gasteiger partial charge >= 0.3 is 5.97 Å². The molecule has 0 radical (unpaired) electrons. The molecule has 0 aliphatic rings. The number of thioether (sulfide) groups is 1. The lowest BCUT2D eigenvalue weighted by molar-refractivity contribution is -0.137. The summed E-state index contributed by atoms with van der Waals surface area (Å²) in [5.41, 5.74) is 0. The van der Waals surface area contributed by atoms with Crippen molar-refractivity contribution in [2.75, 3.05) is 18.1 Å². The van der Waals surface area contributed by atoms with Gasteiger partial charge in [-0.3, -0.25) is 4.79 Å². The quantitative estimate of drug-likeness (QED) is 0.495. The zero-order chi connectivity index (χ0) is 9.40. The van der Waals surface area contributed by atoms with Crippen LogP contribution >= 0.6 is 11.8 Å². The first-order valence-corrected chi connectivity index (χ1v) is 4.90. The smallest absolute Gasteiger partial charge is 0.303 e. The fourth-order valence-electron chi connectivity index (χ4n) is 0.598. The second kappa shape index (κ2) is 7.39. The molecule has 12 heavy (non-hydrogen) atoms. The Hall–Kier alpha value is -0.260. The first-order chi connectivity index (χ1) is 5.66. The number of carbonyl (C=O) groups is 1. The summed E-state index contributed by atoms with van der Waals surface area (Å²) in [5.74, 6) is 0.387. The second-order valence-electron chi connectivity index (χ2n) is 2.41. The Bertz CT molecular complexity index is 129. The monoisotopic (exact) mass is 194 g/mol. The first-order valence-electron chi connectivity index (χ1n) is 3.75. The van der Waals surface area contributed by atoms with Crippen LogP contribution in [0.5, 0.6) is 0 Å². The molecule has 3 N–H and O–H groups in total. The van der Waals surface area contributed by atoms with Crippen LogP contribution in [0.25, 0.3) is 0 Å². The third-order valence-corrected chi connectivity index (χ3v) is 2.40. The van der Waals surface area contributed by atoms with Crippen LogP contribution in [-0.4, -0.2) is 45.5 Å². The highest BCUT2D eigenvalue weighted by atomic mass is 32.2. The Morgan fingerprint density at radius 3 is 2.67 bits per heavy atom. The first kappa shape index (κ1) is 11.7. The summed E-state index contributed by atoms with van der Waals surface area (Å²) in [4.78, 5) is 10.1. The number of carboxylic acids is 1. The molecule has 4 nitrogen and oxygen atoms in total. The standard InChI is InChI=1S/C7H14O4S/c8-4-6(9)5-12-3-1-2-7(10)11/h6,8-9H,1-5H2,(H,10,11). The van der Waals surface area contributed by atoms with E-state index in [1.165, 1.54) is 11.8 Å². The Morgan fingerprint density at radius 2 is 2.17 bits per heavy atom. The lowest BCUT2D eigenvalue weighted by atomic mass is 10.3. The van der Waals surface area contributed by atoms with Crippen LogP contribution in [0.3, 0.4) is 0 Å². The zero-order valence-electron chi connectivity index (χ0n) is 6.77. The Balaban J connectivity index is 3.05. The van der Waals surface area contributed by atoms with Gasteiger partial charge in [0.25, 0.3) is 0 Å². The molecule has 0 aromatic carbocycles. The maximum absolute atomic E-state index is 10.1. The molecule has 0 bridgehead atoms. The lowest BCUT2D eigenvalue weighted by Crippen LogP contribution is -2.15. The molecule has 0 aromatic rings. The van der Waals surface area contributed by atoms with Crippen molar-refractivity contribution < 1.29 is 20.1 Å². The van der Waals surface area contributed by atoms with E-state index in [0.29, 0.717) is 17.9 Å². The molecule has 5 heteroatoms. The summed E-state index contributed by atoms with van der Waals surface area (Å²) in [6, 6.07) is 0. The largest absolute Gasteiger partial charge is 0.481 e. The van der Waals surface area contributed by atoms with Gasteiger partial charge in [0.15, 0.2) is 0 Å². The number of aliphatic hydroxyl groups is 2. The van der Waals surface area contributed by atoms with Crippen molar-refractivity contribution in [3.05, 3.63) is 0 Å². The molecule has 0 aliphatic heterocycles. The number of hydrogen-bond donors (Lipinski definition) is 3. The predicted molar refractivity (Wildman–Crippen MR) is 47.3 cm³/mol. The molecule has 0 spiro atoms. The fourth-order valence-corrected chi connectivity index (χ4v) is 1.49. The van der Waals surface area contributed by atoms with Gasteiger partial charge in [0.1, 0.15) is 0 Å². The molecule has 0 saturated heterocycles. The molecule has 0 saturated carbocycles. The van der Waals surface area contributed by atoms with Gasteiger partial charge in [-0.25, -0.2) is 0 Å². The van der Waals surface area contributed by atoms with Gasteiger partial charge in [0.05, 0.1) is 12.7 Å². The maximum atomic E-state index is 10.1. The van der Waals surface area contributed by atoms with Crippen molar-refractivity contribution in [1.29, 1.82) is 0 Å². The minimum Gasteiger partial charge on any atom is -0.481 e. The van der Waals surface area contributed by atoms with Crippen molar-refractivity contribution in [1.82, 2.24) is 0 Å². The van der Waals surface area contributed by atoms with E-state index in [1.807, 2.05) is 0 Å². The predicted octanol–water partition coefficient (Wildman–Crippen LogP) is -0.0624. The van der Waals surface area contributed by atoms with E-state index in [-0.39, 0.29) is 13.0 Å². The topological polar surface area (TPSA) is 77.8 Å². The summed E-state index contributed by atoms with van der Waals surface area (Å²) in [6.45, 7) is -0.230. The van der Waals surface area contributed by atoms with Crippen LogP contribution in [-0.2, 0) is 4.79 Å². The minimum absolute atomic E-state index is 0.169. The summed E-state index contributed by atoms with van der Waals surface area (Å²) >= 11 is 1.45. The zero-order valence-corrected chi connectivity index (χ0v) is 7.59. The average Bonchev–Trinajstić information content (AvgIpc) is 2.03. The van der Waals surface area contributed by atoms with E-state index in [4.69, 9.17) is 15.3 Å². The number of aliphatic hydroxyl groups excluding tert-OH is 2. The Morgan fingerprint density at radius 1 is 1.50 bits per heavy atom. The number of carboxylic acid groups (broad SMARTS) is 1. The van der Waals surface area contributed by atoms with Crippen molar-refractivity contribution in [3.8, 4) is 0 Å². The van der Waals surface area contributed by atoms with E-state index >= 15 is 0 Å². The van der Waals surface area contributed by atoms with E-state index in [2.05, 4.69) is 0 Å². The molecule has 0 aliphatic carbocycles. The van der Waals surface area contributed by atoms with Crippen LogP contribution in [0.4, 0.5) is 0 Å². The highest BCUT2D eigenvalue weighted by Gasteiger charge is 2.01. The summed E-state index contributed by atoms with van der Waals surface area (Å²) in [5, 5.41) is 25.6. The molecule has 0 fully saturated rings. The Kier molecular flexibility index (Phi) is 7.23. The third-order valence-electron chi connectivity index (χ3n) is 1.20.